The standard InChI is InChI=1S/C18H27NO/c1-12(2)16-9-8-14(4)11-17(16)18(20)19-15-7-5-6-13(3)10-15/h5-7,10,12,14,16-17H,8-9,11H2,1-4H3,(H,19,20)/t14-,16+,17-/m1/s1. The quantitative estimate of drug-likeness (QED) is 0.854. The van der Waals surface area contributed by atoms with Crippen molar-refractivity contribution in [2.45, 2.75) is 47.0 Å². The molecule has 0 bridgehead atoms. The molecule has 0 aromatic heterocycles. The van der Waals surface area contributed by atoms with Crippen LogP contribution in [-0.4, -0.2) is 5.91 Å². The zero-order valence-corrected chi connectivity index (χ0v) is 13.1. The molecule has 0 radical (unpaired) electrons. The number of anilines is 1. The SMILES string of the molecule is Cc1cccc(NC(=O)[C@@H]2C[C@H](C)CC[C@H]2C(C)C)c1. The molecule has 0 unspecified atom stereocenters. The first-order valence-corrected chi connectivity index (χ1v) is 7.85. The van der Waals surface area contributed by atoms with Gasteiger partial charge in [-0.3, -0.25) is 4.79 Å². The molecule has 1 aliphatic carbocycles. The van der Waals surface area contributed by atoms with Gasteiger partial charge in [0.1, 0.15) is 0 Å². The van der Waals surface area contributed by atoms with E-state index in [1.807, 2.05) is 18.2 Å². The van der Waals surface area contributed by atoms with E-state index in [0.29, 0.717) is 17.8 Å². The van der Waals surface area contributed by atoms with Crippen molar-refractivity contribution in [3.8, 4) is 0 Å². The highest BCUT2D eigenvalue weighted by Gasteiger charge is 2.35. The number of nitrogens with one attached hydrogen (secondary N) is 1. The fourth-order valence-corrected chi connectivity index (χ4v) is 3.46. The molecule has 2 heteroatoms. The van der Waals surface area contributed by atoms with Gasteiger partial charge in [-0.05, 0) is 55.2 Å². The summed E-state index contributed by atoms with van der Waals surface area (Å²) >= 11 is 0. The van der Waals surface area contributed by atoms with E-state index < -0.39 is 0 Å². The maximum Gasteiger partial charge on any atom is 0.227 e. The molecule has 1 saturated carbocycles. The number of amides is 1. The monoisotopic (exact) mass is 273 g/mol. The highest BCUT2D eigenvalue weighted by molar-refractivity contribution is 5.92. The number of carbonyl (C=O) groups is 1. The Kier molecular flexibility index (Phi) is 4.85. The molecule has 0 heterocycles. The van der Waals surface area contributed by atoms with Gasteiger partial charge >= 0.3 is 0 Å². The summed E-state index contributed by atoms with van der Waals surface area (Å²) in [5, 5.41) is 3.12. The summed E-state index contributed by atoms with van der Waals surface area (Å²) in [5.74, 6) is 2.14. The highest BCUT2D eigenvalue weighted by Crippen LogP contribution is 2.38. The second kappa shape index (κ2) is 6.43. The molecule has 2 nitrogen and oxygen atoms in total. The van der Waals surface area contributed by atoms with Crippen LogP contribution in [0.1, 0.15) is 45.6 Å². The van der Waals surface area contributed by atoms with Crippen LogP contribution in [0.5, 0.6) is 0 Å². The van der Waals surface area contributed by atoms with Crippen molar-refractivity contribution in [3.05, 3.63) is 29.8 Å². The maximum atomic E-state index is 12.6. The molecular formula is C18H27NO. The molecule has 1 amide bonds. The Labute approximate surface area is 123 Å². The van der Waals surface area contributed by atoms with Crippen molar-refractivity contribution in [2.75, 3.05) is 5.32 Å². The van der Waals surface area contributed by atoms with Crippen LogP contribution >= 0.6 is 0 Å². The maximum absolute atomic E-state index is 12.6. The summed E-state index contributed by atoms with van der Waals surface area (Å²) in [5.41, 5.74) is 2.11. The Morgan fingerprint density at radius 1 is 1.30 bits per heavy atom. The zero-order valence-electron chi connectivity index (χ0n) is 13.1. The van der Waals surface area contributed by atoms with Gasteiger partial charge in [-0.1, -0.05) is 39.3 Å². The lowest BCUT2D eigenvalue weighted by Gasteiger charge is -2.36. The molecule has 3 atom stereocenters. The normalized spacial score (nSPS) is 26.6. The molecule has 0 saturated heterocycles. The first-order valence-electron chi connectivity index (χ1n) is 7.85. The van der Waals surface area contributed by atoms with Gasteiger partial charge in [0.15, 0.2) is 0 Å². The molecule has 1 fully saturated rings. The van der Waals surface area contributed by atoms with E-state index in [0.717, 1.165) is 12.1 Å². The van der Waals surface area contributed by atoms with E-state index >= 15 is 0 Å². The summed E-state index contributed by atoms with van der Waals surface area (Å²) in [6, 6.07) is 8.06. The molecule has 1 aliphatic rings. The molecule has 0 spiro atoms. The Balaban J connectivity index is 2.09. The second-order valence-electron chi connectivity index (χ2n) is 6.79. The lowest BCUT2D eigenvalue weighted by molar-refractivity contribution is -0.123. The fourth-order valence-electron chi connectivity index (χ4n) is 3.46. The van der Waals surface area contributed by atoms with Gasteiger partial charge in [-0.15, -0.1) is 0 Å². The Bertz CT molecular complexity index is 466. The van der Waals surface area contributed by atoms with E-state index in [1.54, 1.807) is 0 Å². The number of carbonyl (C=O) groups excluding carboxylic acids is 1. The number of hydrogen-bond acceptors (Lipinski definition) is 1. The first kappa shape index (κ1) is 15.1. The smallest absolute Gasteiger partial charge is 0.227 e. The van der Waals surface area contributed by atoms with E-state index in [9.17, 15) is 4.79 Å². The summed E-state index contributed by atoms with van der Waals surface area (Å²) in [7, 11) is 0. The average Bonchev–Trinajstić information content (AvgIpc) is 2.38. The van der Waals surface area contributed by atoms with Gasteiger partial charge < -0.3 is 5.32 Å². The summed E-state index contributed by atoms with van der Waals surface area (Å²) < 4.78 is 0. The van der Waals surface area contributed by atoms with Gasteiger partial charge in [-0.2, -0.15) is 0 Å². The van der Waals surface area contributed by atoms with Gasteiger partial charge in [-0.25, -0.2) is 0 Å². The van der Waals surface area contributed by atoms with E-state index in [4.69, 9.17) is 0 Å². The number of hydrogen-bond donors (Lipinski definition) is 1. The van der Waals surface area contributed by atoms with E-state index in [2.05, 4.69) is 39.1 Å². The Morgan fingerprint density at radius 3 is 2.70 bits per heavy atom. The van der Waals surface area contributed by atoms with Crippen molar-refractivity contribution in [2.24, 2.45) is 23.7 Å². The minimum atomic E-state index is 0.166. The average molecular weight is 273 g/mol. The third-order valence-electron chi connectivity index (χ3n) is 4.64. The van der Waals surface area contributed by atoms with E-state index in [-0.39, 0.29) is 11.8 Å². The third-order valence-corrected chi connectivity index (χ3v) is 4.64. The molecule has 0 aliphatic heterocycles. The second-order valence-corrected chi connectivity index (χ2v) is 6.79. The Hall–Kier alpha value is -1.31. The van der Waals surface area contributed by atoms with Crippen LogP contribution in [0.3, 0.4) is 0 Å². The number of benzene rings is 1. The molecule has 20 heavy (non-hydrogen) atoms. The van der Waals surface area contributed by atoms with E-state index in [1.165, 1.54) is 18.4 Å². The number of rotatable bonds is 3. The van der Waals surface area contributed by atoms with Crippen LogP contribution in [-0.2, 0) is 4.79 Å². The van der Waals surface area contributed by atoms with Gasteiger partial charge in [0.25, 0.3) is 0 Å². The van der Waals surface area contributed by atoms with Crippen molar-refractivity contribution in [1.29, 1.82) is 0 Å². The van der Waals surface area contributed by atoms with Gasteiger partial charge in [0, 0.05) is 11.6 Å². The third kappa shape index (κ3) is 3.62. The van der Waals surface area contributed by atoms with Crippen LogP contribution in [0.2, 0.25) is 0 Å². The predicted octanol–water partition coefficient (Wildman–Crippen LogP) is 4.64. The van der Waals surface area contributed by atoms with Crippen molar-refractivity contribution in [1.82, 2.24) is 0 Å². The summed E-state index contributed by atoms with van der Waals surface area (Å²) in [4.78, 5) is 12.6. The van der Waals surface area contributed by atoms with Crippen molar-refractivity contribution in [3.63, 3.8) is 0 Å². The summed E-state index contributed by atoms with van der Waals surface area (Å²) in [6.45, 7) is 8.81. The van der Waals surface area contributed by atoms with Crippen LogP contribution < -0.4 is 5.32 Å². The van der Waals surface area contributed by atoms with Gasteiger partial charge in [0.05, 0.1) is 0 Å². The minimum Gasteiger partial charge on any atom is -0.326 e. The highest BCUT2D eigenvalue weighted by atomic mass is 16.1. The van der Waals surface area contributed by atoms with Crippen LogP contribution in [0.4, 0.5) is 5.69 Å². The molecule has 1 aromatic carbocycles. The minimum absolute atomic E-state index is 0.166. The van der Waals surface area contributed by atoms with Gasteiger partial charge in [0.2, 0.25) is 5.91 Å². The summed E-state index contributed by atoms with van der Waals surface area (Å²) in [6.07, 6.45) is 3.47. The number of aryl methyl sites for hydroxylation is 1. The molecular weight excluding hydrogens is 246 g/mol. The van der Waals surface area contributed by atoms with Crippen LogP contribution in [0.15, 0.2) is 24.3 Å². The van der Waals surface area contributed by atoms with Crippen LogP contribution in [0, 0.1) is 30.6 Å². The lowest BCUT2D eigenvalue weighted by Crippen LogP contribution is -2.36. The molecule has 1 N–H and O–H groups in total. The Morgan fingerprint density at radius 2 is 2.05 bits per heavy atom. The fraction of sp³-hybridized carbons (Fsp3) is 0.611. The molecule has 110 valence electrons. The topological polar surface area (TPSA) is 29.1 Å². The molecule has 2 rings (SSSR count). The lowest BCUT2D eigenvalue weighted by atomic mass is 9.70. The predicted molar refractivity (Wildman–Crippen MR) is 84.6 cm³/mol. The molecule has 1 aromatic rings. The zero-order chi connectivity index (χ0) is 14.7. The largest absolute Gasteiger partial charge is 0.326 e. The van der Waals surface area contributed by atoms with Crippen molar-refractivity contribution < 1.29 is 4.79 Å². The van der Waals surface area contributed by atoms with Crippen molar-refractivity contribution >= 4 is 11.6 Å². The van der Waals surface area contributed by atoms with Crippen LogP contribution in [0.25, 0.3) is 0 Å². The first-order chi connectivity index (χ1) is 9.47.